The number of fused-ring (bicyclic) bond motifs is 1. The zero-order valence-electron chi connectivity index (χ0n) is 9.82. The third kappa shape index (κ3) is 2.47. The first-order valence-corrected chi connectivity index (χ1v) is 5.68. The highest BCUT2D eigenvalue weighted by Crippen LogP contribution is 2.25. The Labute approximate surface area is 99.4 Å². The zero-order chi connectivity index (χ0) is 12.3. The first-order valence-electron chi connectivity index (χ1n) is 5.68. The molecule has 0 unspecified atom stereocenters. The molecule has 1 aromatic carbocycles. The molecule has 1 heterocycles. The van der Waals surface area contributed by atoms with Crippen molar-refractivity contribution in [3.63, 3.8) is 0 Å². The molecule has 4 heteroatoms. The van der Waals surface area contributed by atoms with Crippen molar-refractivity contribution in [1.82, 2.24) is 4.98 Å². The van der Waals surface area contributed by atoms with E-state index in [1.165, 1.54) is 6.07 Å². The van der Waals surface area contributed by atoms with Crippen LogP contribution in [0.2, 0.25) is 0 Å². The van der Waals surface area contributed by atoms with Gasteiger partial charge in [0.2, 0.25) is 5.56 Å². The number of pyridine rings is 1. The molecule has 0 bridgehead atoms. The second-order valence-corrected chi connectivity index (χ2v) is 3.98. The number of H-pyrrole nitrogens is 1. The van der Waals surface area contributed by atoms with Crippen molar-refractivity contribution < 1.29 is 4.74 Å². The standard InChI is InChI=1S/C13H16N2O2/c1-9-3-5-11(17-8-2-7-14)10-4-6-12(16)15-13(9)10/h3-6H,2,7-8,14H2,1H3,(H,15,16). The van der Waals surface area contributed by atoms with Gasteiger partial charge in [0, 0.05) is 11.5 Å². The molecule has 4 nitrogen and oxygen atoms in total. The number of nitrogens with one attached hydrogen (secondary N) is 1. The lowest BCUT2D eigenvalue weighted by Crippen LogP contribution is -2.07. The number of rotatable bonds is 4. The summed E-state index contributed by atoms with van der Waals surface area (Å²) in [4.78, 5) is 14.1. The van der Waals surface area contributed by atoms with Crippen molar-refractivity contribution in [2.75, 3.05) is 13.2 Å². The SMILES string of the molecule is Cc1ccc(OCCCN)c2ccc(=O)[nH]c12. The molecule has 3 N–H and O–H groups in total. The molecular weight excluding hydrogens is 216 g/mol. The Morgan fingerprint density at radius 2 is 2.12 bits per heavy atom. The Hall–Kier alpha value is -1.81. The lowest BCUT2D eigenvalue weighted by molar-refractivity contribution is 0.317. The van der Waals surface area contributed by atoms with Crippen LogP contribution >= 0.6 is 0 Å². The van der Waals surface area contributed by atoms with Crippen LogP contribution in [0.15, 0.2) is 29.1 Å². The van der Waals surface area contributed by atoms with Gasteiger partial charge in [0.1, 0.15) is 5.75 Å². The van der Waals surface area contributed by atoms with Gasteiger partial charge >= 0.3 is 0 Å². The Morgan fingerprint density at radius 3 is 2.88 bits per heavy atom. The van der Waals surface area contributed by atoms with Gasteiger partial charge in [-0.05, 0) is 37.6 Å². The number of aromatic nitrogens is 1. The molecule has 0 aliphatic heterocycles. The lowest BCUT2D eigenvalue weighted by Gasteiger charge is -2.10. The first kappa shape index (κ1) is 11.7. The maximum absolute atomic E-state index is 11.3. The van der Waals surface area contributed by atoms with E-state index in [1.807, 2.05) is 19.1 Å². The van der Waals surface area contributed by atoms with E-state index in [2.05, 4.69) is 4.98 Å². The van der Waals surface area contributed by atoms with Crippen molar-refractivity contribution in [3.8, 4) is 5.75 Å². The van der Waals surface area contributed by atoms with Crippen molar-refractivity contribution >= 4 is 10.9 Å². The largest absolute Gasteiger partial charge is 0.493 e. The van der Waals surface area contributed by atoms with Crippen LogP contribution in [0.1, 0.15) is 12.0 Å². The van der Waals surface area contributed by atoms with Crippen LogP contribution in [0.4, 0.5) is 0 Å². The average molecular weight is 232 g/mol. The summed E-state index contributed by atoms with van der Waals surface area (Å²) in [6.45, 7) is 3.16. The molecule has 2 aromatic rings. The molecule has 0 saturated heterocycles. The van der Waals surface area contributed by atoms with Crippen molar-refractivity contribution in [2.45, 2.75) is 13.3 Å². The molecule has 90 valence electrons. The third-order valence-corrected chi connectivity index (χ3v) is 2.67. The van der Waals surface area contributed by atoms with E-state index in [0.717, 1.165) is 28.6 Å². The van der Waals surface area contributed by atoms with Gasteiger partial charge in [0.15, 0.2) is 0 Å². The van der Waals surface area contributed by atoms with Gasteiger partial charge < -0.3 is 15.5 Å². The van der Waals surface area contributed by atoms with Crippen LogP contribution in [0.5, 0.6) is 5.75 Å². The second kappa shape index (κ2) is 5.01. The number of ether oxygens (including phenoxy) is 1. The highest BCUT2D eigenvalue weighted by molar-refractivity contribution is 5.87. The number of benzene rings is 1. The summed E-state index contributed by atoms with van der Waals surface area (Å²) < 4.78 is 5.65. The van der Waals surface area contributed by atoms with Crippen LogP contribution in [-0.4, -0.2) is 18.1 Å². The molecule has 0 atom stereocenters. The van der Waals surface area contributed by atoms with Crippen LogP contribution in [-0.2, 0) is 0 Å². The Bertz CT molecular complexity index is 575. The minimum Gasteiger partial charge on any atom is -0.493 e. The van der Waals surface area contributed by atoms with Crippen molar-refractivity contribution in [3.05, 3.63) is 40.2 Å². The average Bonchev–Trinajstić information content (AvgIpc) is 2.33. The fourth-order valence-electron chi connectivity index (χ4n) is 1.76. The fourth-order valence-corrected chi connectivity index (χ4v) is 1.76. The minimum absolute atomic E-state index is 0.0975. The summed E-state index contributed by atoms with van der Waals surface area (Å²) in [5.74, 6) is 0.787. The van der Waals surface area contributed by atoms with Gasteiger partial charge in [0.25, 0.3) is 0 Å². The minimum atomic E-state index is -0.0975. The van der Waals surface area contributed by atoms with Crippen LogP contribution < -0.4 is 16.0 Å². The molecule has 2 rings (SSSR count). The van der Waals surface area contributed by atoms with E-state index in [4.69, 9.17) is 10.5 Å². The highest BCUT2D eigenvalue weighted by Gasteiger charge is 2.05. The van der Waals surface area contributed by atoms with Crippen LogP contribution in [0, 0.1) is 6.92 Å². The molecule has 0 saturated carbocycles. The topological polar surface area (TPSA) is 68.1 Å². The number of nitrogens with two attached hydrogens (primary N) is 1. The maximum Gasteiger partial charge on any atom is 0.248 e. The third-order valence-electron chi connectivity index (χ3n) is 2.67. The summed E-state index contributed by atoms with van der Waals surface area (Å²) in [5.41, 5.74) is 7.19. The van der Waals surface area contributed by atoms with E-state index < -0.39 is 0 Å². The van der Waals surface area contributed by atoms with Crippen molar-refractivity contribution in [1.29, 1.82) is 0 Å². The summed E-state index contributed by atoms with van der Waals surface area (Å²) >= 11 is 0. The van der Waals surface area contributed by atoms with Gasteiger partial charge in [-0.1, -0.05) is 6.07 Å². The molecule has 0 spiro atoms. The summed E-state index contributed by atoms with van der Waals surface area (Å²) in [5, 5.41) is 0.932. The Balaban J connectivity index is 2.43. The monoisotopic (exact) mass is 232 g/mol. The van der Waals surface area contributed by atoms with E-state index in [1.54, 1.807) is 6.07 Å². The molecule has 0 aliphatic carbocycles. The Kier molecular flexibility index (Phi) is 3.44. The predicted molar refractivity (Wildman–Crippen MR) is 68.5 cm³/mol. The summed E-state index contributed by atoms with van der Waals surface area (Å²) in [6, 6.07) is 7.17. The fraction of sp³-hybridized carbons (Fsp3) is 0.308. The van der Waals surface area contributed by atoms with E-state index >= 15 is 0 Å². The van der Waals surface area contributed by atoms with Crippen LogP contribution in [0.25, 0.3) is 10.9 Å². The molecule has 0 fully saturated rings. The second-order valence-electron chi connectivity index (χ2n) is 3.98. The lowest BCUT2D eigenvalue weighted by atomic mass is 10.1. The molecule has 0 aliphatic rings. The normalized spacial score (nSPS) is 10.7. The first-order chi connectivity index (χ1) is 8.22. The summed E-state index contributed by atoms with van der Waals surface area (Å²) in [7, 11) is 0. The molecule has 17 heavy (non-hydrogen) atoms. The number of hydrogen-bond acceptors (Lipinski definition) is 3. The van der Waals surface area contributed by atoms with E-state index in [9.17, 15) is 4.79 Å². The van der Waals surface area contributed by atoms with E-state index in [0.29, 0.717) is 13.2 Å². The van der Waals surface area contributed by atoms with Gasteiger partial charge in [0.05, 0.1) is 12.1 Å². The highest BCUT2D eigenvalue weighted by atomic mass is 16.5. The summed E-state index contributed by atoms with van der Waals surface area (Å²) in [6.07, 6.45) is 0.818. The van der Waals surface area contributed by atoms with Crippen LogP contribution in [0.3, 0.4) is 0 Å². The quantitative estimate of drug-likeness (QED) is 0.786. The number of aromatic amines is 1. The maximum atomic E-state index is 11.3. The van der Waals surface area contributed by atoms with Gasteiger partial charge in [-0.25, -0.2) is 0 Å². The Morgan fingerprint density at radius 1 is 1.29 bits per heavy atom. The number of hydrogen-bond donors (Lipinski definition) is 2. The predicted octanol–water partition coefficient (Wildman–Crippen LogP) is 1.56. The van der Waals surface area contributed by atoms with Gasteiger partial charge in [-0.15, -0.1) is 0 Å². The molecule has 0 amide bonds. The zero-order valence-corrected chi connectivity index (χ0v) is 9.82. The molecule has 1 aromatic heterocycles. The number of aryl methyl sites for hydroxylation is 1. The van der Waals surface area contributed by atoms with Gasteiger partial charge in [-0.3, -0.25) is 4.79 Å². The molecular formula is C13H16N2O2. The van der Waals surface area contributed by atoms with E-state index in [-0.39, 0.29) is 5.56 Å². The smallest absolute Gasteiger partial charge is 0.248 e. The van der Waals surface area contributed by atoms with Gasteiger partial charge in [-0.2, -0.15) is 0 Å². The molecule has 0 radical (unpaired) electrons. The van der Waals surface area contributed by atoms with Crippen molar-refractivity contribution in [2.24, 2.45) is 5.73 Å².